The van der Waals surface area contributed by atoms with Crippen LogP contribution in [0.15, 0.2) is 18.2 Å². The molecule has 1 aromatic rings. The molecule has 7 heteroatoms. The maximum absolute atomic E-state index is 13.1. The molecule has 2 N–H and O–H groups in total. The molecular weight excluding hydrogens is 242 g/mol. The summed E-state index contributed by atoms with van der Waals surface area (Å²) in [5.74, 6) is -1.98. The molecule has 0 saturated heterocycles. The third-order valence-electron chi connectivity index (χ3n) is 1.95. The van der Waals surface area contributed by atoms with Crippen LogP contribution >= 0.6 is 0 Å². The van der Waals surface area contributed by atoms with Gasteiger partial charge in [-0.3, -0.25) is 4.79 Å². The Hall–Kier alpha value is -1.79. The van der Waals surface area contributed by atoms with Crippen LogP contribution in [0.3, 0.4) is 0 Å². The number of hydrogen-bond acceptors (Lipinski definition) is 2. The quantitative estimate of drug-likeness (QED) is 0.809. The number of carbonyl (C=O) groups is 1. The average Bonchev–Trinajstić information content (AvgIpc) is 2.18. The van der Waals surface area contributed by atoms with Gasteiger partial charge in [0, 0.05) is 6.54 Å². The third kappa shape index (κ3) is 3.93. The summed E-state index contributed by atoms with van der Waals surface area (Å²) in [6.45, 7) is -0.145. The van der Waals surface area contributed by atoms with Crippen molar-refractivity contribution in [2.45, 2.75) is 12.6 Å². The molecule has 0 atom stereocenters. The SMILES string of the molecule is O=C(O)CCNc1cc(C(F)(F)F)ccc1F. The highest BCUT2D eigenvalue weighted by molar-refractivity contribution is 5.67. The van der Waals surface area contributed by atoms with Gasteiger partial charge in [-0.2, -0.15) is 13.2 Å². The van der Waals surface area contributed by atoms with Crippen LogP contribution in [-0.4, -0.2) is 17.6 Å². The fraction of sp³-hybridized carbons (Fsp3) is 0.300. The number of anilines is 1. The van der Waals surface area contributed by atoms with Gasteiger partial charge in [-0.05, 0) is 18.2 Å². The molecule has 17 heavy (non-hydrogen) atoms. The second-order valence-electron chi connectivity index (χ2n) is 3.26. The number of rotatable bonds is 4. The number of aliphatic carboxylic acids is 1. The lowest BCUT2D eigenvalue weighted by Crippen LogP contribution is -2.11. The normalized spacial score (nSPS) is 11.3. The zero-order valence-corrected chi connectivity index (χ0v) is 8.51. The van der Waals surface area contributed by atoms with Gasteiger partial charge < -0.3 is 10.4 Å². The van der Waals surface area contributed by atoms with E-state index in [1.807, 2.05) is 0 Å². The first-order chi connectivity index (χ1) is 7.80. The van der Waals surface area contributed by atoms with Crippen molar-refractivity contribution in [3.05, 3.63) is 29.6 Å². The van der Waals surface area contributed by atoms with E-state index < -0.39 is 23.5 Å². The second-order valence-corrected chi connectivity index (χ2v) is 3.26. The molecule has 0 aliphatic carbocycles. The van der Waals surface area contributed by atoms with Crippen LogP contribution in [0.25, 0.3) is 0 Å². The lowest BCUT2D eigenvalue weighted by atomic mass is 10.2. The summed E-state index contributed by atoms with van der Waals surface area (Å²) in [6, 6.07) is 1.92. The number of nitrogens with one attached hydrogen (secondary N) is 1. The van der Waals surface area contributed by atoms with E-state index >= 15 is 0 Å². The highest BCUT2D eigenvalue weighted by Gasteiger charge is 2.31. The zero-order chi connectivity index (χ0) is 13.1. The smallest absolute Gasteiger partial charge is 0.416 e. The van der Waals surface area contributed by atoms with Crippen LogP contribution in [0.2, 0.25) is 0 Å². The van der Waals surface area contributed by atoms with Gasteiger partial charge in [0.05, 0.1) is 17.7 Å². The Bertz CT molecular complexity index is 417. The number of halogens is 4. The molecule has 0 aliphatic heterocycles. The predicted molar refractivity (Wildman–Crippen MR) is 52.1 cm³/mol. The molecule has 0 spiro atoms. The summed E-state index contributed by atoms with van der Waals surface area (Å²) in [5.41, 5.74) is -1.35. The zero-order valence-electron chi connectivity index (χ0n) is 8.51. The van der Waals surface area contributed by atoms with Gasteiger partial charge in [0.1, 0.15) is 5.82 Å². The predicted octanol–water partition coefficient (Wildman–Crippen LogP) is 2.73. The summed E-state index contributed by atoms with van der Waals surface area (Å²) in [7, 11) is 0. The molecule has 0 aromatic heterocycles. The first-order valence-corrected chi connectivity index (χ1v) is 4.63. The number of benzene rings is 1. The van der Waals surface area contributed by atoms with E-state index in [4.69, 9.17) is 5.11 Å². The van der Waals surface area contributed by atoms with Crippen LogP contribution in [0.4, 0.5) is 23.2 Å². The molecule has 94 valence electrons. The fourth-order valence-electron chi connectivity index (χ4n) is 1.14. The largest absolute Gasteiger partial charge is 0.481 e. The number of carboxylic acid groups (broad SMARTS) is 1. The first-order valence-electron chi connectivity index (χ1n) is 4.63. The Labute approximate surface area is 94.1 Å². The maximum Gasteiger partial charge on any atom is 0.416 e. The maximum atomic E-state index is 13.1. The number of hydrogen-bond donors (Lipinski definition) is 2. The van der Waals surface area contributed by atoms with Crippen molar-refractivity contribution in [3.8, 4) is 0 Å². The van der Waals surface area contributed by atoms with Crippen molar-refractivity contribution >= 4 is 11.7 Å². The summed E-state index contributed by atoms with van der Waals surface area (Å²) in [5, 5.41) is 10.6. The monoisotopic (exact) mass is 251 g/mol. The van der Waals surface area contributed by atoms with Crippen molar-refractivity contribution in [3.63, 3.8) is 0 Å². The van der Waals surface area contributed by atoms with Crippen LogP contribution in [-0.2, 0) is 11.0 Å². The van der Waals surface area contributed by atoms with E-state index in [0.717, 1.165) is 0 Å². The minimum absolute atomic E-state index is 0.145. The Morgan fingerprint density at radius 3 is 2.53 bits per heavy atom. The molecular formula is C10H9F4NO2. The van der Waals surface area contributed by atoms with Gasteiger partial charge in [0.2, 0.25) is 0 Å². The molecule has 1 aromatic carbocycles. The van der Waals surface area contributed by atoms with Crippen LogP contribution in [0.5, 0.6) is 0 Å². The first kappa shape index (κ1) is 13.3. The minimum atomic E-state index is -4.56. The van der Waals surface area contributed by atoms with E-state index in [1.165, 1.54) is 0 Å². The van der Waals surface area contributed by atoms with Gasteiger partial charge in [0.15, 0.2) is 0 Å². The summed E-state index contributed by atoms with van der Waals surface area (Å²) < 4.78 is 50.0. The highest BCUT2D eigenvalue weighted by Crippen LogP contribution is 2.31. The van der Waals surface area contributed by atoms with Crippen LogP contribution in [0, 0.1) is 5.82 Å². The fourth-order valence-corrected chi connectivity index (χ4v) is 1.14. The Balaban J connectivity index is 2.80. The van der Waals surface area contributed by atoms with E-state index in [9.17, 15) is 22.4 Å². The Morgan fingerprint density at radius 2 is 2.00 bits per heavy atom. The summed E-state index contributed by atoms with van der Waals surface area (Å²) in [6.07, 6.45) is -4.87. The third-order valence-corrected chi connectivity index (χ3v) is 1.95. The molecule has 0 amide bonds. The minimum Gasteiger partial charge on any atom is -0.481 e. The van der Waals surface area contributed by atoms with Crippen LogP contribution in [0.1, 0.15) is 12.0 Å². The topological polar surface area (TPSA) is 49.3 Å². The second kappa shape index (κ2) is 5.03. The van der Waals surface area contributed by atoms with E-state index in [-0.39, 0.29) is 18.7 Å². The Kier molecular flexibility index (Phi) is 3.93. The van der Waals surface area contributed by atoms with E-state index in [0.29, 0.717) is 18.2 Å². The molecule has 0 saturated carbocycles. The lowest BCUT2D eigenvalue weighted by Gasteiger charge is -2.10. The van der Waals surface area contributed by atoms with Crippen molar-refractivity contribution in [2.24, 2.45) is 0 Å². The van der Waals surface area contributed by atoms with Gasteiger partial charge in [-0.1, -0.05) is 0 Å². The number of alkyl halides is 3. The molecule has 1 rings (SSSR count). The highest BCUT2D eigenvalue weighted by atomic mass is 19.4. The van der Waals surface area contributed by atoms with Crippen LogP contribution < -0.4 is 5.32 Å². The molecule has 3 nitrogen and oxygen atoms in total. The molecule has 0 fully saturated rings. The molecule has 0 unspecified atom stereocenters. The molecule has 0 heterocycles. The average molecular weight is 251 g/mol. The van der Waals surface area contributed by atoms with E-state index in [1.54, 1.807) is 0 Å². The van der Waals surface area contributed by atoms with Gasteiger partial charge in [0.25, 0.3) is 0 Å². The van der Waals surface area contributed by atoms with Crippen molar-refractivity contribution in [1.82, 2.24) is 0 Å². The summed E-state index contributed by atoms with van der Waals surface area (Å²) >= 11 is 0. The summed E-state index contributed by atoms with van der Waals surface area (Å²) in [4.78, 5) is 10.2. The number of carboxylic acids is 1. The van der Waals surface area contributed by atoms with Crippen molar-refractivity contribution in [2.75, 3.05) is 11.9 Å². The van der Waals surface area contributed by atoms with E-state index in [2.05, 4.69) is 5.32 Å². The van der Waals surface area contributed by atoms with Gasteiger partial charge in [-0.25, -0.2) is 4.39 Å². The van der Waals surface area contributed by atoms with Gasteiger partial charge in [-0.15, -0.1) is 0 Å². The molecule has 0 bridgehead atoms. The lowest BCUT2D eigenvalue weighted by molar-refractivity contribution is -0.138. The standard InChI is InChI=1S/C10H9F4NO2/c11-7-2-1-6(10(12,13)14)5-8(7)15-4-3-9(16)17/h1-2,5,15H,3-4H2,(H,16,17). The molecule has 0 aliphatic rings. The van der Waals surface area contributed by atoms with Gasteiger partial charge >= 0.3 is 12.1 Å². The van der Waals surface area contributed by atoms with Crippen molar-refractivity contribution < 1.29 is 27.5 Å². The Morgan fingerprint density at radius 1 is 1.35 bits per heavy atom. The van der Waals surface area contributed by atoms with Crippen molar-refractivity contribution in [1.29, 1.82) is 0 Å². The molecule has 0 radical (unpaired) electrons.